The van der Waals surface area contributed by atoms with Gasteiger partial charge in [-0.25, -0.2) is 9.67 Å². The van der Waals surface area contributed by atoms with Gasteiger partial charge in [-0.3, -0.25) is 9.48 Å². The second-order valence-electron chi connectivity index (χ2n) is 7.38. The van der Waals surface area contributed by atoms with E-state index in [2.05, 4.69) is 20.5 Å². The molecule has 1 saturated heterocycles. The molecule has 9 nitrogen and oxygen atoms in total. The van der Waals surface area contributed by atoms with Gasteiger partial charge in [0, 0.05) is 25.5 Å². The molecule has 1 aliphatic heterocycles. The van der Waals surface area contributed by atoms with Crippen LogP contribution in [0.2, 0.25) is 0 Å². The minimum absolute atomic E-state index is 0.00463. The molecule has 1 aromatic carbocycles. The van der Waals surface area contributed by atoms with E-state index < -0.39 is 0 Å². The fourth-order valence-electron chi connectivity index (χ4n) is 3.68. The van der Waals surface area contributed by atoms with Crippen molar-refractivity contribution in [2.24, 2.45) is 5.92 Å². The first-order valence-electron chi connectivity index (χ1n) is 10.0. The lowest BCUT2D eigenvalue weighted by Gasteiger charge is -2.21. The zero-order valence-corrected chi connectivity index (χ0v) is 17.1. The highest BCUT2D eigenvalue weighted by Gasteiger charge is 2.36. The Hall–Kier alpha value is -3.04. The van der Waals surface area contributed by atoms with Crippen LogP contribution in [0.15, 0.2) is 49.3 Å². The number of rotatable bonds is 8. The molecule has 0 aliphatic carbocycles. The van der Waals surface area contributed by atoms with Crippen molar-refractivity contribution >= 4 is 5.91 Å². The molecule has 3 atom stereocenters. The minimum atomic E-state index is -0.275. The monoisotopic (exact) mass is 410 g/mol. The summed E-state index contributed by atoms with van der Waals surface area (Å²) in [7, 11) is 1.66. The molecule has 30 heavy (non-hydrogen) atoms. The Morgan fingerprint density at radius 3 is 2.90 bits per heavy atom. The zero-order chi connectivity index (χ0) is 20.9. The summed E-state index contributed by atoms with van der Waals surface area (Å²) in [4.78, 5) is 16.9. The van der Waals surface area contributed by atoms with Gasteiger partial charge in [0.1, 0.15) is 12.7 Å². The van der Waals surface area contributed by atoms with Crippen molar-refractivity contribution in [2.75, 3.05) is 20.3 Å². The number of methoxy groups -OCH3 is 1. The van der Waals surface area contributed by atoms with Crippen LogP contribution < -0.4 is 5.32 Å². The van der Waals surface area contributed by atoms with Gasteiger partial charge in [-0.15, -0.1) is 0 Å². The van der Waals surface area contributed by atoms with E-state index in [4.69, 9.17) is 9.47 Å². The number of amides is 1. The quantitative estimate of drug-likeness (QED) is 0.611. The number of nitrogens with zero attached hydrogens (tertiary/aromatic N) is 5. The smallest absolute Gasteiger partial charge is 0.226 e. The van der Waals surface area contributed by atoms with Crippen molar-refractivity contribution in [2.45, 2.75) is 32.0 Å². The summed E-state index contributed by atoms with van der Waals surface area (Å²) in [6.07, 6.45) is 7.27. The van der Waals surface area contributed by atoms with Gasteiger partial charge < -0.3 is 14.8 Å². The van der Waals surface area contributed by atoms with Crippen LogP contribution in [0.4, 0.5) is 0 Å². The third-order valence-electron chi connectivity index (χ3n) is 5.37. The second kappa shape index (κ2) is 9.19. The van der Waals surface area contributed by atoms with Gasteiger partial charge in [0.15, 0.2) is 0 Å². The number of nitrogens with one attached hydrogen (secondary N) is 1. The van der Waals surface area contributed by atoms with Gasteiger partial charge in [-0.2, -0.15) is 10.2 Å². The van der Waals surface area contributed by atoms with Gasteiger partial charge in [-0.1, -0.05) is 12.1 Å². The van der Waals surface area contributed by atoms with Crippen LogP contribution in [0.5, 0.6) is 0 Å². The predicted octanol–water partition coefficient (Wildman–Crippen LogP) is 2.07. The minimum Gasteiger partial charge on any atom is -0.383 e. The van der Waals surface area contributed by atoms with Crippen molar-refractivity contribution in [3.8, 4) is 5.69 Å². The molecule has 158 valence electrons. The molecule has 0 spiro atoms. The first-order chi connectivity index (χ1) is 14.7. The Morgan fingerprint density at radius 1 is 1.33 bits per heavy atom. The summed E-state index contributed by atoms with van der Waals surface area (Å²) in [5.41, 5.74) is 2.87. The number of aromatic nitrogens is 5. The molecule has 9 heteroatoms. The molecule has 0 radical (unpaired) electrons. The number of hydrogen-bond acceptors (Lipinski definition) is 6. The van der Waals surface area contributed by atoms with E-state index in [9.17, 15) is 4.79 Å². The highest BCUT2D eigenvalue weighted by molar-refractivity contribution is 5.80. The van der Waals surface area contributed by atoms with E-state index in [0.717, 1.165) is 16.8 Å². The molecular weight excluding hydrogens is 384 g/mol. The third kappa shape index (κ3) is 4.42. The number of carbonyl (C=O) groups is 1. The Labute approximate surface area is 175 Å². The molecular formula is C21H26N6O3. The molecule has 3 aromatic rings. The summed E-state index contributed by atoms with van der Waals surface area (Å²) in [5.74, 6) is -0.239. The van der Waals surface area contributed by atoms with E-state index in [-0.39, 0.29) is 24.0 Å². The van der Waals surface area contributed by atoms with Gasteiger partial charge in [0.25, 0.3) is 0 Å². The van der Waals surface area contributed by atoms with E-state index in [1.165, 1.54) is 6.33 Å². The summed E-state index contributed by atoms with van der Waals surface area (Å²) < 4.78 is 14.5. The normalized spacial score (nSPS) is 19.7. The molecule has 1 aliphatic rings. The molecule has 3 heterocycles. The first kappa shape index (κ1) is 20.2. The Bertz CT molecular complexity index is 954. The lowest BCUT2D eigenvalue weighted by molar-refractivity contribution is -0.127. The standard InChI is InChI=1S/C21H26N6O3/c1-15(16-3-5-18(6-4-16)27-14-22-13-24-27)25-21(28)19-7-9-30-20(19)17-11-23-26(12-17)8-10-29-2/h3-6,11-15,19-20H,7-10H2,1-2H3,(H,25,28)/t15-,19-,20+/m0/s1. The second-order valence-corrected chi connectivity index (χ2v) is 7.38. The van der Waals surface area contributed by atoms with Crippen molar-refractivity contribution in [1.82, 2.24) is 29.9 Å². The Kier molecular flexibility index (Phi) is 6.20. The number of ether oxygens (including phenoxy) is 2. The van der Waals surface area contributed by atoms with Crippen LogP contribution in [0.1, 0.15) is 36.6 Å². The Morgan fingerprint density at radius 2 is 2.17 bits per heavy atom. The summed E-state index contributed by atoms with van der Waals surface area (Å²) in [5, 5.41) is 11.6. The first-order valence-corrected chi connectivity index (χ1v) is 10.0. The number of carbonyl (C=O) groups excluding carboxylic acids is 1. The highest BCUT2D eigenvalue weighted by Crippen LogP contribution is 2.35. The van der Waals surface area contributed by atoms with E-state index in [1.807, 2.05) is 42.1 Å². The molecule has 1 amide bonds. The van der Waals surface area contributed by atoms with E-state index in [1.54, 1.807) is 24.3 Å². The Balaban J connectivity index is 1.39. The maximum absolute atomic E-state index is 13.0. The molecule has 2 aromatic heterocycles. The van der Waals surface area contributed by atoms with Crippen LogP contribution >= 0.6 is 0 Å². The lowest BCUT2D eigenvalue weighted by Crippen LogP contribution is -2.34. The fraction of sp³-hybridized carbons (Fsp3) is 0.429. The van der Waals surface area contributed by atoms with Crippen LogP contribution in [0.25, 0.3) is 5.69 Å². The van der Waals surface area contributed by atoms with Gasteiger partial charge >= 0.3 is 0 Å². The summed E-state index contributed by atoms with van der Waals surface area (Å²) >= 11 is 0. The molecule has 1 fully saturated rings. The van der Waals surface area contributed by atoms with Gasteiger partial charge in [0.2, 0.25) is 5.91 Å². The molecule has 1 N–H and O–H groups in total. The summed E-state index contributed by atoms with van der Waals surface area (Å²) in [6, 6.07) is 7.79. The zero-order valence-electron chi connectivity index (χ0n) is 17.1. The number of hydrogen-bond donors (Lipinski definition) is 1. The van der Waals surface area contributed by atoms with Crippen LogP contribution in [0.3, 0.4) is 0 Å². The van der Waals surface area contributed by atoms with E-state index >= 15 is 0 Å². The van der Waals surface area contributed by atoms with E-state index in [0.29, 0.717) is 26.2 Å². The largest absolute Gasteiger partial charge is 0.383 e. The van der Waals surface area contributed by atoms with Gasteiger partial charge in [0.05, 0.1) is 43.1 Å². The van der Waals surface area contributed by atoms with Crippen molar-refractivity contribution in [3.05, 3.63) is 60.4 Å². The van der Waals surface area contributed by atoms with Gasteiger partial charge in [-0.05, 0) is 31.0 Å². The highest BCUT2D eigenvalue weighted by atomic mass is 16.5. The predicted molar refractivity (Wildman–Crippen MR) is 109 cm³/mol. The molecule has 0 unspecified atom stereocenters. The third-order valence-corrected chi connectivity index (χ3v) is 5.37. The lowest BCUT2D eigenvalue weighted by atomic mass is 9.95. The maximum atomic E-state index is 13.0. The molecule has 0 saturated carbocycles. The van der Waals surface area contributed by atoms with Crippen LogP contribution in [-0.4, -0.2) is 50.8 Å². The molecule has 0 bridgehead atoms. The van der Waals surface area contributed by atoms with Crippen molar-refractivity contribution < 1.29 is 14.3 Å². The number of benzene rings is 1. The SMILES string of the molecule is COCCn1cc([C@H]2OCC[C@@H]2C(=O)N[C@@H](C)c2ccc(-n3cncn3)cc2)cn1. The van der Waals surface area contributed by atoms with Crippen LogP contribution in [0, 0.1) is 5.92 Å². The van der Waals surface area contributed by atoms with Crippen LogP contribution in [-0.2, 0) is 20.8 Å². The summed E-state index contributed by atoms with van der Waals surface area (Å²) in [6.45, 7) is 3.80. The average Bonchev–Trinajstić information content (AvgIpc) is 3.53. The van der Waals surface area contributed by atoms with Crippen molar-refractivity contribution in [1.29, 1.82) is 0 Å². The topological polar surface area (TPSA) is 96.1 Å². The molecule has 4 rings (SSSR count). The maximum Gasteiger partial charge on any atom is 0.226 e. The average molecular weight is 410 g/mol. The van der Waals surface area contributed by atoms with Crippen molar-refractivity contribution in [3.63, 3.8) is 0 Å². The fourth-order valence-corrected chi connectivity index (χ4v) is 3.68.